The topological polar surface area (TPSA) is 62.5 Å². The molecule has 0 fully saturated rings. The number of nitrogens with one attached hydrogen (secondary N) is 1. The van der Waals surface area contributed by atoms with Crippen LogP contribution < -0.4 is 5.32 Å². The summed E-state index contributed by atoms with van der Waals surface area (Å²) in [5, 5.41) is 15.3. The number of alkyl halides is 3. The summed E-state index contributed by atoms with van der Waals surface area (Å²) >= 11 is 0. The summed E-state index contributed by atoms with van der Waals surface area (Å²) in [4.78, 5) is 4.15. The molecule has 98 valence electrons. The average molecular weight is 260 g/mol. The van der Waals surface area contributed by atoms with E-state index >= 15 is 0 Å². The summed E-state index contributed by atoms with van der Waals surface area (Å²) < 4.78 is 37.9. The Morgan fingerprint density at radius 1 is 1.50 bits per heavy atom. The van der Waals surface area contributed by atoms with Gasteiger partial charge in [-0.15, -0.1) is 0 Å². The van der Waals surface area contributed by atoms with Crippen molar-refractivity contribution in [2.24, 2.45) is 0 Å². The fraction of sp³-hybridized carbons (Fsp3) is 0.400. The molecule has 2 heterocycles. The second-order valence-electron chi connectivity index (χ2n) is 3.82. The highest BCUT2D eigenvalue weighted by Crippen LogP contribution is 2.20. The predicted octanol–water partition coefficient (Wildman–Crippen LogP) is 1.37. The molecule has 0 unspecified atom stereocenters. The van der Waals surface area contributed by atoms with Gasteiger partial charge in [0.1, 0.15) is 5.82 Å². The van der Waals surface area contributed by atoms with E-state index in [9.17, 15) is 13.2 Å². The molecule has 18 heavy (non-hydrogen) atoms. The number of aliphatic hydroxyl groups excluding tert-OH is 1. The molecule has 0 aliphatic rings. The van der Waals surface area contributed by atoms with E-state index in [1.54, 1.807) is 19.1 Å². The van der Waals surface area contributed by atoms with Gasteiger partial charge in [0.05, 0.1) is 12.7 Å². The van der Waals surface area contributed by atoms with Crippen LogP contribution in [0.2, 0.25) is 0 Å². The molecule has 0 aliphatic carbocycles. The highest BCUT2D eigenvalue weighted by Gasteiger charge is 2.37. The van der Waals surface area contributed by atoms with Gasteiger partial charge in [0.25, 0.3) is 0 Å². The van der Waals surface area contributed by atoms with Gasteiger partial charge in [-0.1, -0.05) is 0 Å². The SMILES string of the molecule is Cc1cc(NC[C@H](O)C(F)(F)F)n2nccc2n1. The van der Waals surface area contributed by atoms with Gasteiger partial charge in [0.2, 0.25) is 0 Å². The van der Waals surface area contributed by atoms with Crippen LogP contribution in [0.1, 0.15) is 5.69 Å². The fourth-order valence-corrected chi connectivity index (χ4v) is 1.48. The van der Waals surface area contributed by atoms with Crippen molar-refractivity contribution in [3.8, 4) is 0 Å². The van der Waals surface area contributed by atoms with Crippen molar-refractivity contribution < 1.29 is 18.3 Å². The number of fused-ring (bicyclic) bond motifs is 1. The van der Waals surface area contributed by atoms with Crippen molar-refractivity contribution in [1.29, 1.82) is 0 Å². The van der Waals surface area contributed by atoms with Gasteiger partial charge in [-0.3, -0.25) is 0 Å². The molecule has 0 saturated heterocycles. The summed E-state index contributed by atoms with van der Waals surface area (Å²) in [7, 11) is 0. The van der Waals surface area contributed by atoms with Gasteiger partial charge < -0.3 is 10.4 Å². The molecule has 8 heteroatoms. The van der Waals surface area contributed by atoms with Crippen LogP contribution in [-0.2, 0) is 0 Å². The second-order valence-corrected chi connectivity index (χ2v) is 3.82. The Bertz CT molecular complexity index is 552. The third kappa shape index (κ3) is 2.53. The van der Waals surface area contributed by atoms with E-state index in [0.717, 1.165) is 0 Å². The fourth-order valence-electron chi connectivity index (χ4n) is 1.48. The number of hydrogen-bond donors (Lipinski definition) is 2. The van der Waals surface area contributed by atoms with E-state index in [0.29, 0.717) is 17.2 Å². The number of rotatable bonds is 3. The van der Waals surface area contributed by atoms with Gasteiger partial charge in [-0.25, -0.2) is 4.98 Å². The van der Waals surface area contributed by atoms with E-state index in [4.69, 9.17) is 5.11 Å². The van der Waals surface area contributed by atoms with Crippen molar-refractivity contribution in [2.45, 2.75) is 19.2 Å². The maximum atomic E-state index is 12.2. The molecule has 2 aromatic rings. The molecule has 0 radical (unpaired) electrons. The van der Waals surface area contributed by atoms with Crippen molar-refractivity contribution in [3.63, 3.8) is 0 Å². The van der Waals surface area contributed by atoms with Crippen LogP contribution in [0.3, 0.4) is 0 Å². The zero-order valence-corrected chi connectivity index (χ0v) is 9.44. The quantitative estimate of drug-likeness (QED) is 0.875. The number of nitrogens with zero attached hydrogens (tertiary/aromatic N) is 3. The summed E-state index contributed by atoms with van der Waals surface area (Å²) in [5.41, 5.74) is 1.17. The molecule has 2 aromatic heterocycles. The lowest BCUT2D eigenvalue weighted by Crippen LogP contribution is -2.35. The predicted molar refractivity (Wildman–Crippen MR) is 58.3 cm³/mol. The Hall–Kier alpha value is -1.83. The molecular formula is C10H11F3N4O. The third-order valence-corrected chi connectivity index (χ3v) is 2.34. The Kier molecular flexibility index (Phi) is 3.12. The molecule has 0 amide bonds. The minimum Gasteiger partial charge on any atom is -0.382 e. The number of halogens is 3. The van der Waals surface area contributed by atoms with E-state index in [1.165, 1.54) is 10.7 Å². The number of aromatic nitrogens is 3. The number of aryl methyl sites for hydroxylation is 1. The van der Waals surface area contributed by atoms with E-state index in [2.05, 4.69) is 15.4 Å². The van der Waals surface area contributed by atoms with Crippen molar-refractivity contribution >= 4 is 11.5 Å². The monoisotopic (exact) mass is 260 g/mol. The standard InChI is InChI=1S/C10H11F3N4O/c1-6-4-9(14-5-7(18)10(11,12)13)17-8(16-6)2-3-15-17/h2-4,7,14,18H,5H2,1H3/t7-/m0/s1. The molecule has 0 bridgehead atoms. The molecule has 0 saturated carbocycles. The molecule has 2 rings (SSSR count). The average Bonchev–Trinajstić information content (AvgIpc) is 2.71. The number of anilines is 1. The minimum absolute atomic E-state index is 0.353. The smallest absolute Gasteiger partial charge is 0.382 e. The Morgan fingerprint density at radius 3 is 2.89 bits per heavy atom. The van der Waals surface area contributed by atoms with Crippen molar-refractivity contribution in [1.82, 2.24) is 14.6 Å². The van der Waals surface area contributed by atoms with Gasteiger partial charge in [0, 0.05) is 17.8 Å². The van der Waals surface area contributed by atoms with Crippen LogP contribution in [-0.4, -0.2) is 38.5 Å². The maximum absolute atomic E-state index is 12.2. The van der Waals surface area contributed by atoms with Gasteiger partial charge in [0.15, 0.2) is 11.8 Å². The first-order valence-electron chi connectivity index (χ1n) is 5.18. The van der Waals surface area contributed by atoms with E-state index < -0.39 is 18.8 Å². The maximum Gasteiger partial charge on any atom is 0.416 e. The largest absolute Gasteiger partial charge is 0.416 e. The third-order valence-electron chi connectivity index (χ3n) is 2.34. The molecule has 0 aliphatic heterocycles. The zero-order chi connectivity index (χ0) is 13.3. The number of hydrogen-bond acceptors (Lipinski definition) is 4. The number of aliphatic hydroxyl groups is 1. The Balaban J connectivity index is 2.19. The molecule has 2 N–H and O–H groups in total. The normalized spacial score (nSPS) is 13.8. The first-order valence-corrected chi connectivity index (χ1v) is 5.18. The molecule has 0 spiro atoms. The first kappa shape index (κ1) is 12.6. The summed E-state index contributed by atoms with van der Waals surface area (Å²) in [6.07, 6.45) is -5.57. The summed E-state index contributed by atoms with van der Waals surface area (Å²) in [5.74, 6) is 0.353. The van der Waals surface area contributed by atoms with E-state index in [-0.39, 0.29) is 0 Å². The van der Waals surface area contributed by atoms with Crippen LogP contribution in [0.25, 0.3) is 5.65 Å². The molecular weight excluding hydrogens is 249 g/mol. The van der Waals surface area contributed by atoms with Crippen LogP contribution in [0, 0.1) is 6.92 Å². The van der Waals surface area contributed by atoms with Gasteiger partial charge in [-0.05, 0) is 6.92 Å². The van der Waals surface area contributed by atoms with E-state index in [1.807, 2.05) is 0 Å². The summed E-state index contributed by atoms with van der Waals surface area (Å²) in [6, 6.07) is 3.20. The molecule has 0 aromatic carbocycles. The van der Waals surface area contributed by atoms with Crippen molar-refractivity contribution in [2.75, 3.05) is 11.9 Å². The summed E-state index contributed by atoms with van der Waals surface area (Å²) in [6.45, 7) is 1.08. The lowest BCUT2D eigenvalue weighted by Gasteiger charge is -2.16. The lowest BCUT2D eigenvalue weighted by molar-refractivity contribution is -0.198. The molecule has 1 atom stereocenters. The minimum atomic E-state index is -4.64. The lowest BCUT2D eigenvalue weighted by atomic mass is 10.3. The molecule has 5 nitrogen and oxygen atoms in total. The zero-order valence-electron chi connectivity index (χ0n) is 9.44. The van der Waals surface area contributed by atoms with Crippen LogP contribution in [0.5, 0.6) is 0 Å². The highest BCUT2D eigenvalue weighted by molar-refractivity contribution is 5.48. The highest BCUT2D eigenvalue weighted by atomic mass is 19.4. The first-order chi connectivity index (χ1) is 8.38. The van der Waals surface area contributed by atoms with Crippen LogP contribution in [0.4, 0.5) is 19.0 Å². The van der Waals surface area contributed by atoms with Gasteiger partial charge in [-0.2, -0.15) is 22.8 Å². The van der Waals surface area contributed by atoms with Crippen LogP contribution >= 0.6 is 0 Å². The second kappa shape index (κ2) is 4.45. The Labute approximate surface area is 100 Å². The Morgan fingerprint density at radius 2 is 2.22 bits per heavy atom. The van der Waals surface area contributed by atoms with Crippen molar-refractivity contribution in [3.05, 3.63) is 24.0 Å². The van der Waals surface area contributed by atoms with Crippen LogP contribution in [0.15, 0.2) is 18.3 Å². The van der Waals surface area contributed by atoms with Gasteiger partial charge >= 0.3 is 6.18 Å².